The van der Waals surface area contributed by atoms with Crippen LogP contribution < -0.4 is 5.32 Å². The van der Waals surface area contributed by atoms with Crippen molar-refractivity contribution < 1.29 is 26.5 Å². The highest BCUT2D eigenvalue weighted by molar-refractivity contribution is 7.89. The summed E-state index contributed by atoms with van der Waals surface area (Å²) in [5, 5.41) is 6.50. The van der Waals surface area contributed by atoms with Gasteiger partial charge in [0.2, 0.25) is 15.9 Å². The molecule has 0 saturated carbocycles. The molecule has 0 spiro atoms. The average Bonchev–Trinajstić information content (AvgIpc) is 3.09. The van der Waals surface area contributed by atoms with Crippen LogP contribution in [0.1, 0.15) is 36.8 Å². The number of hydrogen-bond acceptors (Lipinski definition) is 5. The van der Waals surface area contributed by atoms with E-state index in [1.54, 1.807) is 0 Å². The quantitative estimate of drug-likeness (QED) is 0.747. The number of hydrogen-bond donors (Lipinski definition) is 1. The molecular weight excluding hydrogens is 416 g/mol. The average molecular weight is 439 g/mol. The molecule has 0 atom stereocenters. The Balaban J connectivity index is 1.81. The summed E-state index contributed by atoms with van der Waals surface area (Å²) in [5.41, 5.74) is 0.261. The second-order valence-electron chi connectivity index (χ2n) is 7.03. The zero-order chi connectivity index (χ0) is 21.9. The van der Waals surface area contributed by atoms with E-state index >= 15 is 0 Å². The number of carbonyl (C=O) groups excluding carboxylic acids is 1. The number of sulfonamides is 1. The van der Waals surface area contributed by atoms with Crippen molar-refractivity contribution in [2.75, 3.05) is 19.6 Å². The molecule has 1 aliphatic rings. The lowest BCUT2D eigenvalue weighted by Gasteiger charge is -2.30. The van der Waals surface area contributed by atoms with Crippen LogP contribution in [0.4, 0.5) is 8.78 Å². The van der Waals surface area contributed by atoms with Crippen LogP contribution in [-0.4, -0.2) is 43.4 Å². The molecule has 1 saturated heterocycles. The van der Waals surface area contributed by atoms with E-state index in [1.165, 1.54) is 29.4 Å². The Hall–Kier alpha value is -2.59. The highest BCUT2D eigenvalue weighted by Crippen LogP contribution is 2.29. The lowest BCUT2D eigenvalue weighted by Crippen LogP contribution is -2.43. The number of halogens is 2. The predicted molar refractivity (Wildman–Crippen MR) is 107 cm³/mol. The Labute approximate surface area is 173 Å². The topological polar surface area (TPSA) is 92.5 Å². The zero-order valence-corrected chi connectivity index (χ0v) is 17.5. The van der Waals surface area contributed by atoms with Crippen LogP contribution >= 0.6 is 0 Å². The Morgan fingerprint density at radius 2 is 2.00 bits per heavy atom. The lowest BCUT2D eigenvalue weighted by atomic mass is 9.97. The first-order chi connectivity index (χ1) is 14.2. The maximum atomic E-state index is 13.8. The molecule has 3 rings (SSSR count). The molecule has 0 aliphatic carbocycles. The third-order valence-corrected chi connectivity index (χ3v) is 7.04. The molecule has 1 amide bonds. The van der Waals surface area contributed by atoms with E-state index in [0.717, 1.165) is 12.1 Å². The minimum absolute atomic E-state index is 0.0397. The molecule has 1 aliphatic heterocycles. The first-order valence-corrected chi connectivity index (χ1v) is 11.0. The fraction of sp³-hybridized carbons (Fsp3) is 0.400. The SMILES string of the molecule is CCNC(=O)C1CCN(S(=O)(=O)c2c(C)noc2/C=C/c2ccc(F)cc2F)CC1. The Morgan fingerprint density at radius 3 is 2.63 bits per heavy atom. The monoisotopic (exact) mass is 439 g/mol. The van der Waals surface area contributed by atoms with E-state index in [4.69, 9.17) is 4.52 Å². The van der Waals surface area contributed by atoms with Crippen LogP contribution in [0.2, 0.25) is 0 Å². The molecule has 0 bridgehead atoms. The summed E-state index contributed by atoms with van der Waals surface area (Å²) in [7, 11) is -3.92. The molecular formula is C20H23F2N3O4S. The first kappa shape index (κ1) is 22.1. The van der Waals surface area contributed by atoms with Gasteiger partial charge in [-0.2, -0.15) is 4.31 Å². The van der Waals surface area contributed by atoms with Crippen molar-refractivity contribution in [3.63, 3.8) is 0 Å². The van der Waals surface area contributed by atoms with Gasteiger partial charge in [-0.3, -0.25) is 4.79 Å². The molecule has 7 nitrogen and oxygen atoms in total. The molecule has 30 heavy (non-hydrogen) atoms. The Morgan fingerprint density at radius 1 is 1.30 bits per heavy atom. The van der Waals surface area contributed by atoms with E-state index in [2.05, 4.69) is 10.5 Å². The number of piperidine rings is 1. The number of benzene rings is 1. The highest BCUT2D eigenvalue weighted by Gasteiger charge is 2.35. The molecule has 2 aromatic rings. The van der Waals surface area contributed by atoms with Crippen molar-refractivity contribution in [1.29, 1.82) is 0 Å². The number of amides is 1. The summed E-state index contributed by atoms with van der Waals surface area (Å²) in [5.74, 6) is -1.82. The number of aromatic nitrogens is 1. The van der Waals surface area contributed by atoms with Crippen molar-refractivity contribution >= 4 is 28.1 Å². The van der Waals surface area contributed by atoms with Crippen LogP contribution in [0.3, 0.4) is 0 Å². The highest BCUT2D eigenvalue weighted by atomic mass is 32.2. The van der Waals surface area contributed by atoms with E-state index in [1.807, 2.05) is 6.92 Å². The Kier molecular flexibility index (Phi) is 6.67. The van der Waals surface area contributed by atoms with Gasteiger partial charge in [0, 0.05) is 37.2 Å². The van der Waals surface area contributed by atoms with E-state index in [-0.39, 0.29) is 46.8 Å². The van der Waals surface area contributed by atoms with Crippen LogP contribution in [0.25, 0.3) is 12.2 Å². The van der Waals surface area contributed by atoms with Gasteiger partial charge in [0.15, 0.2) is 10.7 Å². The molecule has 1 aromatic heterocycles. The largest absolute Gasteiger partial charge is 0.356 e. The van der Waals surface area contributed by atoms with Gasteiger partial charge in [-0.25, -0.2) is 17.2 Å². The summed E-state index contributed by atoms with van der Waals surface area (Å²) in [6.45, 7) is 4.27. The minimum Gasteiger partial charge on any atom is -0.356 e. The number of nitrogens with zero attached hydrogens (tertiary/aromatic N) is 2. The van der Waals surface area contributed by atoms with Crippen molar-refractivity contribution in [2.24, 2.45) is 5.92 Å². The molecule has 1 N–H and O–H groups in total. The summed E-state index contributed by atoms with van der Waals surface area (Å²) < 4.78 is 59.7. The van der Waals surface area contributed by atoms with Gasteiger partial charge in [0.25, 0.3) is 0 Å². The van der Waals surface area contributed by atoms with Crippen molar-refractivity contribution in [3.05, 3.63) is 46.9 Å². The van der Waals surface area contributed by atoms with Gasteiger partial charge in [-0.15, -0.1) is 0 Å². The number of nitrogens with one attached hydrogen (secondary N) is 1. The van der Waals surface area contributed by atoms with E-state index < -0.39 is 21.7 Å². The fourth-order valence-electron chi connectivity index (χ4n) is 3.41. The second-order valence-corrected chi connectivity index (χ2v) is 8.91. The molecule has 0 unspecified atom stereocenters. The minimum atomic E-state index is -3.92. The zero-order valence-electron chi connectivity index (χ0n) is 16.7. The smallest absolute Gasteiger partial charge is 0.248 e. The number of rotatable bonds is 6. The van der Waals surface area contributed by atoms with Crippen molar-refractivity contribution in [1.82, 2.24) is 14.8 Å². The van der Waals surface area contributed by atoms with Gasteiger partial charge in [-0.1, -0.05) is 5.16 Å². The number of aryl methyl sites for hydroxylation is 1. The Bertz CT molecular complexity index is 1060. The van der Waals surface area contributed by atoms with Gasteiger partial charge >= 0.3 is 0 Å². The van der Waals surface area contributed by atoms with Crippen LogP contribution in [-0.2, 0) is 14.8 Å². The van der Waals surface area contributed by atoms with Crippen LogP contribution in [0, 0.1) is 24.5 Å². The summed E-state index contributed by atoms with van der Waals surface area (Å²) >= 11 is 0. The van der Waals surface area contributed by atoms with Crippen LogP contribution in [0.15, 0.2) is 27.6 Å². The molecule has 0 radical (unpaired) electrons. The first-order valence-electron chi connectivity index (χ1n) is 9.61. The van der Waals surface area contributed by atoms with Gasteiger partial charge in [0.1, 0.15) is 17.3 Å². The fourth-order valence-corrected chi connectivity index (χ4v) is 5.13. The van der Waals surface area contributed by atoms with Gasteiger partial charge < -0.3 is 9.84 Å². The maximum Gasteiger partial charge on any atom is 0.248 e. The van der Waals surface area contributed by atoms with Gasteiger partial charge in [0.05, 0.1) is 0 Å². The third-order valence-electron chi connectivity index (χ3n) is 4.98. The van der Waals surface area contributed by atoms with Crippen molar-refractivity contribution in [3.8, 4) is 0 Å². The summed E-state index contributed by atoms with van der Waals surface area (Å²) in [6, 6.07) is 3.08. The van der Waals surface area contributed by atoms with Gasteiger partial charge in [-0.05, 0) is 51.0 Å². The molecule has 2 heterocycles. The lowest BCUT2D eigenvalue weighted by molar-refractivity contribution is -0.126. The standard InChI is InChI=1S/C20H23F2N3O4S/c1-3-23-20(26)15-8-10-25(11-9-15)30(27,28)19-13(2)24-29-18(19)7-5-14-4-6-16(21)12-17(14)22/h4-7,12,15H,3,8-11H2,1-2H3,(H,23,26)/b7-5+. The summed E-state index contributed by atoms with van der Waals surface area (Å²) in [4.78, 5) is 11.9. The second kappa shape index (κ2) is 9.05. The summed E-state index contributed by atoms with van der Waals surface area (Å²) in [6.07, 6.45) is 3.43. The molecule has 1 fully saturated rings. The number of carbonyl (C=O) groups is 1. The van der Waals surface area contributed by atoms with Crippen molar-refractivity contribution in [2.45, 2.75) is 31.6 Å². The van der Waals surface area contributed by atoms with E-state index in [9.17, 15) is 22.0 Å². The maximum absolute atomic E-state index is 13.8. The normalized spacial score (nSPS) is 16.3. The molecule has 162 valence electrons. The molecule has 1 aromatic carbocycles. The van der Waals surface area contributed by atoms with Crippen LogP contribution in [0.5, 0.6) is 0 Å². The molecule has 10 heteroatoms. The predicted octanol–water partition coefficient (Wildman–Crippen LogP) is 2.97. The van der Waals surface area contributed by atoms with E-state index in [0.29, 0.717) is 19.4 Å². The third kappa shape index (κ3) is 4.59.